The van der Waals surface area contributed by atoms with E-state index in [1.165, 1.54) is 6.42 Å². The molecular formula is C18H31NO3. The molecule has 3 aliphatic carbocycles. The third-order valence-corrected chi connectivity index (χ3v) is 6.53. The summed E-state index contributed by atoms with van der Waals surface area (Å²) in [6.45, 7) is 11.6. The normalized spacial score (nSPS) is 37.4. The van der Waals surface area contributed by atoms with E-state index in [2.05, 4.69) is 25.7 Å². The van der Waals surface area contributed by atoms with Gasteiger partial charge in [-0.3, -0.25) is 9.69 Å². The molecule has 3 saturated carbocycles. The lowest BCUT2D eigenvalue weighted by atomic mass is 9.45. The Kier molecular flexibility index (Phi) is 4.79. The van der Waals surface area contributed by atoms with E-state index in [4.69, 9.17) is 9.47 Å². The molecule has 1 saturated heterocycles. The van der Waals surface area contributed by atoms with Gasteiger partial charge in [0.25, 0.3) is 0 Å². The molecule has 1 heterocycles. The van der Waals surface area contributed by atoms with Crippen molar-refractivity contribution >= 4 is 5.97 Å². The Hall–Kier alpha value is -0.610. The summed E-state index contributed by atoms with van der Waals surface area (Å²) in [5, 5.41) is 0. The van der Waals surface area contributed by atoms with Crippen molar-refractivity contribution in [3.8, 4) is 0 Å². The standard InChI is InChI=1S/C18H31NO3/c1-13-15-11-14(18(15,2)3)12-16(13)22-17(20)5-4-6-19-7-9-21-10-8-19/h13-16H,4-12H2,1-3H3/t13-,14+,15-,16-/m1/s1. The number of nitrogens with zero attached hydrogens (tertiary/aromatic N) is 1. The number of morpholine rings is 1. The summed E-state index contributed by atoms with van der Waals surface area (Å²) in [4.78, 5) is 14.5. The van der Waals surface area contributed by atoms with E-state index < -0.39 is 0 Å². The second-order valence-electron chi connectivity index (χ2n) is 8.04. The number of rotatable bonds is 5. The van der Waals surface area contributed by atoms with Crippen molar-refractivity contribution in [2.45, 2.75) is 52.6 Å². The molecule has 0 N–H and O–H groups in total. The van der Waals surface area contributed by atoms with Crippen LogP contribution < -0.4 is 0 Å². The molecule has 4 aliphatic rings. The minimum absolute atomic E-state index is 0.00390. The molecule has 4 fully saturated rings. The van der Waals surface area contributed by atoms with Gasteiger partial charge in [-0.05, 0) is 49.0 Å². The summed E-state index contributed by atoms with van der Waals surface area (Å²) in [5.74, 6) is 2.00. The first-order valence-corrected chi connectivity index (χ1v) is 8.98. The van der Waals surface area contributed by atoms with E-state index in [0.29, 0.717) is 17.8 Å². The summed E-state index contributed by atoms with van der Waals surface area (Å²) in [7, 11) is 0. The molecule has 0 spiro atoms. The molecule has 0 radical (unpaired) electrons. The molecule has 4 atom stereocenters. The van der Waals surface area contributed by atoms with Crippen LogP contribution in [0.15, 0.2) is 0 Å². The lowest BCUT2D eigenvalue weighted by molar-refractivity contribution is -0.186. The van der Waals surface area contributed by atoms with Crippen molar-refractivity contribution in [3.05, 3.63) is 0 Å². The predicted octanol–water partition coefficient (Wildman–Crippen LogP) is 2.71. The minimum Gasteiger partial charge on any atom is -0.462 e. The van der Waals surface area contributed by atoms with Crippen molar-refractivity contribution < 1.29 is 14.3 Å². The van der Waals surface area contributed by atoms with Crippen LogP contribution >= 0.6 is 0 Å². The van der Waals surface area contributed by atoms with Crippen molar-refractivity contribution in [3.63, 3.8) is 0 Å². The SMILES string of the molecule is C[C@@H]1[C@H]2C[C@@H](C[C@H]1OC(=O)CCCN1CCOCC1)C2(C)C. The lowest BCUT2D eigenvalue weighted by Crippen LogP contribution is -2.57. The number of hydrogen-bond donors (Lipinski definition) is 0. The van der Waals surface area contributed by atoms with Gasteiger partial charge in [-0.2, -0.15) is 0 Å². The molecule has 4 nitrogen and oxygen atoms in total. The maximum Gasteiger partial charge on any atom is 0.306 e. The van der Waals surface area contributed by atoms with E-state index in [1.54, 1.807) is 0 Å². The lowest BCUT2D eigenvalue weighted by Gasteiger charge is -2.61. The van der Waals surface area contributed by atoms with Crippen LogP contribution in [0.5, 0.6) is 0 Å². The fourth-order valence-electron chi connectivity index (χ4n) is 4.76. The summed E-state index contributed by atoms with van der Waals surface area (Å²) in [6.07, 6.45) is 4.02. The van der Waals surface area contributed by atoms with Gasteiger partial charge in [0.15, 0.2) is 0 Å². The van der Waals surface area contributed by atoms with E-state index >= 15 is 0 Å². The Balaban J connectivity index is 1.37. The highest BCUT2D eigenvalue weighted by Gasteiger charge is 2.57. The summed E-state index contributed by atoms with van der Waals surface area (Å²) in [5.41, 5.74) is 0.457. The van der Waals surface area contributed by atoms with Gasteiger partial charge in [-0.25, -0.2) is 0 Å². The first kappa shape index (κ1) is 16.3. The van der Waals surface area contributed by atoms with Crippen LogP contribution in [0.3, 0.4) is 0 Å². The van der Waals surface area contributed by atoms with Crippen molar-refractivity contribution in [1.29, 1.82) is 0 Å². The Morgan fingerprint density at radius 3 is 2.64 bits per heavy atom. The largest absolute Gasteiger partial charge is 0.462 e. The Morgan fingerprint density at radius 1 is 1.27 bits per heavy atom. The van der Waals surface area contributed by atoms with Gasteiger partial charge in [0.05, 0.1) is 13.2 Å². The highest BCUT2D eigenvalue weighted by molar-refractivity contribution is 5.69. The minimum atomic E-state index is 0.00390. The van der Waals surface area contributed by atoms with Crippen molar-refractivity contribution in [1.82, 2.24) is 4.90 Å². The molecule has 2 bridgehead atoms. The molecule has 0 aromatic carbocycles. The predicted molar refractivity (Wildman–Crippen MR) is 85.5 cm³/mol. The Labute approximate surface area is 134 Å². The molecular weight excluding hydrogens is 278 g/mol. The molecule has 4 heteroatoms. The van der Waals surface area contributed by atoms with Crippen LogP contribution in [-0.2, 0) is 14.3 Å². The molecule has 126 valence electrons. The smallest absolute Gasteiger partial charge is 0.306 e. The number of carbonyl (C=O) groups excluding carboxylic acids is 1. The van der Waals surface area contributed by atoms with Crippen LogP contribution in [0.1, 0.15) is 46.5 Å². The average Bonchev–Trinajstić information content (AvgIpc) is 2.49. The zero-order valence-electron chi connectivity index (χ0n) is 14.3. The third kappa shape index (κ3) is 3.18. The summed E-state index contributed by atoms with van der Waals surface area (Å²) >= 11 is 0. The second kappa shape index (κ2) is 6.48. The van der Waals surface area contributed by atoms with Gasteiger partial charge in [0.1, 0.15) is 6.10 Å². The van der Waals surface area contributed by atoms with Crippen LogP contribution in [0, 0.1) is 23.2 Å². The fourth-order valence-corrected chi connectivity index (χ4v) is 4.76. The van der Waals surface area contributed by atoms with E-state index in [-0.39, 0.29) is 12.1 Å². The maximum atomic E-state index is 12.1. The van der Waals surface area contributed by atoms with Gasteiger partial charge in [0.2, 0.25) is 0 Å². The van der Waals surface area contributed by atoms with Crippen LogP contribution in [0.2, 0.25) is 0 Å². The van der Waals surface area contributed by atoms with Crippen molar-refractivity contribution in [2.24, 2.45) is 23.2 Å². The van der Waals surface area contributed by atoms with Crippen LogP contribution in [0.25, 0.3) is 0 Å². The highest BCUT2D eigenvalue weighted by Crippen LogP contribution is 2.61. The molecule has 0 aromatic rings. The summed E-state index contributed by atoms with van der Waals surface area (Å²) < 4.78 is 11.1. The number of esters is 1. The molecule has 22 heavy (non-hydrogen) atoms. The third-order valence-electron chi connectivity index (χ3n) is 6.53. The molecule has 0 unspecified atom stereocenters. The zero-order valence-corrected chi connectivity index (χ0v) is 14.3. The quantitative estimate of drug-likeness (QED) is 0.732. The van der Waals surface area contributed by atoms with Crippen LogP contribution in [0.4, 0.5) is 0 Å². The van der Waals surface area contributed by atoms with Crippen LogP contribution in [-0.4, -0.2) is 49.8 Å². The number of hydrogen-bond acceptors (Lipinski definition) is 4. The van der Waals surface area contributed by atoms with E-state index in [1.807, 2.05) is 0 Å². The first-order chi connectivity index (χ1) is 10.5. The zero-order chi connectivity index (χ0) is 15.7. The molecule has 1 aliphatic heterocycles. The van der Waals surface area contributed by atoms with Gasteiger partial charge in [0, 0.05) is 19.5 Å². The van der Waals surface area contributed by atoms with Gasteiger partial charge in [-0.15, -0.1) is 0 Å². The van der Waals surface area contributed by atoms with E-state index in [9.17, 15) is 4.79 Å². The fraction of sp³-hybridized carbons (Fsp3) is 0.944. The second-order valence-corrected chi connectivity index (χ2v) is 8.04. The molecule has 4 rings (SSSR count). The van der Waals surface area contributed by atoms with Crippen molar-refractivity contribution in [2.75, 3.05) is 32.8 Å². The average molecular weight is 309 g/mol. The number of carbonyl (C=O) groups is 1. The molecule has 0 aromatic heterocycles. The first-order valence-electron chi connectivity index (χ1n) is 8.98. The maximum absolute atomic E-state index is 12.1. The van der Waals surface area contributed by atoms with Gasteiger partial charge in [-0.1, -0.05) is 20.8 Å². The summed E-state index contributed by atoms with van der Waals surface area (Å²) in [6, 6.07) is 0. The molecule has 0 amide bonds. The van der Waals surface area contributed by atoms with Gasteiger partial charge < -0.3 is 9.47 Å². The Bertz CT molecular complexity index is 403. The number of fused-ring (bicyclic) bond motifs is 2. The topological polar surface area (TPSA) is 38.8 Å². The highest BCUT2D eigenvalue weighted by atomic mass is 16.5. The van der Waals surface area contributed by atoms with E-state index in [0.717, 1.165) is 57.5 Å². The van der Waals surface area contributed by atoms with Gasteiger partial charge >= 0.3 is 5.97 Å². The monoisotopic (exact) mass is 309 g/mol. The number of ether oxygens (including phenoxy) is 2. The Morgan fingerprint density at radius 2 is 2.00 bits per heavy atom.